The molecule has 25 heavy (non-hydrogen) atoms. The van der Waals surface area contributed by atoms with Crippen LogP contribution in [0.4, 0.5) is 0 Å². The fourth-order valence-corrected chi connectivity index (χ4v) is 2.81. The molecule has 2 rings (SSSR count). The Balaban J connectivity index is 2.05. The molecule has 2 aromatic carbocycles. The number of aryl methyl sites for hydroxylation is 1. The maximum absolute atomic E-state index is 10.7. The van der Waals surface area contributed by atoms with Gasteiger partial charge >= 0.3 is 5.97 Å². The molecule has 2 aromatic rings. The molecule has 0 atom stereocenters. The molecule has 0 aromatic heterocycles. The molecule has 0 amide bonds. The van der Waals surface area contributed by atoms with Crippen molar-refractivity contribution in [2.24, 2.45) is 0 Å². The normalized spacial score (nSPS) is 10.4. The molecule has 4 nitrogen and oxygen atoms in total. The number of rotatable bonds is 9. The molecule has 0 saturated heterocycles. The molecule has 0 radical (unpaired) electrons. The van der Waals surface area contributed by atoms with E-state index in [0.29, 0.717) is 6.61 Å². The SMILES string of the molecule is COc1ccccc1-c1cc(CCCCCOC(C)=O)ccc1OC. The molecule has 0 saturated carbocycles. The highest BCUT2D eigenvalue weighted by atomic mass is 16.5. The van der Waals surface area contributed by atoms with Gasteiger partial charge < -0.3 is 14.2 Å². The van der Waals surface area contributed by atoms with Gasteiger partial charge in [-0.2, -0.15) is 0 Å². The van der Waals surface area contributed by atoms with Crippen LogP contribution >= 0.6 is 0 Å². The van der Waals surface area contributed by atoms with Gasteiger partial charge in [0, 0.05) is 18.1 Å². The average Bonchev–Trinajstić information content (AvgIpc) is 2.64. The second kappa shape index (κ2) is 9.72. The van der Waals surface area contributed by atoms with E-state index >= 15 is 0 Å². The average molecular weight is 342 g/mol. The third-order valence-electron chi connectivity index (χ3n) is 4.08. The first-order chi connectivity index (χ1) is 12.2. The van der Waals surface area contributed by atoms with E-state index < -0.39 is 0 Å². The van der Waals surface area contributed by atoms with Crippen LogP contribution in [0.5, 0.6) is 11.5 Å². The molecule has 0 fully saturated rings. The highest BCUT2D eigenvalue weighted by molar-refractivity contribution is 5.76. The number of ether oxygens (including phenoxy) is 3. The maximum Gasteiger partial charge on any atom is 0.302 e. The second-order valence-corrected chi connectivity index (χ2v) is 5.89. The van der Waals surface area contributed by atoms with E-state index in [2.05, 4.69) is 12.1 Å². The van der Waals surface area contributed by atoms with Gasteiger partial charge in [0.25, 0.3) is 0 Å². The van der Waals surface area contributed by atoms with E-state index in [4.69, 9.17) is 14.2 Å². The summed E-state index contributed by atoms with van der Waals surface area (Å²) < 4.78 is 16.0. The van der Waals surface area contributed by atoms with Gasteiger partial charge in [-0.1, -0.05) is 24.3 Å². The van der Waals surface area contributed by atoms with E-state index in [1.165, 1.54) is 12.5 Å². The van der Waals surface area contributed by atoms with Gasteiger partial charge in [0.15, 0.2) is 0 Å². The summed E-state index contributed by atoms with van der Waals surface area (Å²) in [7, 11) is 3.36. The molecule has 0 aliphatic carbocycles. The van der Waals surface area contributed by atoms with Crippen molar-refractivity contribution in [1.82, 2.24) is 0 Å². The maximum atomic E-state index is 10.7. The summed E-state index contributed by atoms with van der Waals surface area (Å²) in [4.78, 5) is 10.7. The number of carbonyl (C=O) groups excluding carboxylic acids is 1. The Bertz CT molecular complexity index is 694. The first kappa shape index (κ1) is 18.8. The topological polar surface area (TPSA) is 44.8 Å². The predicted molar refractivity (Wildman–Crippen MR) is 99.2 cm³/mol. The zero-order valence-corrected chi connectivity index (χ0v) is 15.2. The Morgan fingerprint density at radius 1 is 0.880 bits per heavy atom. The molecule has 0 N–H and O–H groups in total. The minimum atomic E-state index is -0.211. The van der Waals surface area contributed by atoms with Crippen LogP contribution in [0.2, 0.25) is 0 Å². The van der Waals surface area contributed by atoms with Gasteiger partial charge in [0.1, 0.15) is 11.5 Å². The summed E-state index contributed by atoms with van der Waals surface area (Å²) in [6, 6.07) is 14.2. The van der Waals surface area contributed by atoms with Crippen LogP contribution in [-0.2, 0) is 16.0 Å². The Morgan fingerprint density at radius 2 is 1.60 bits per heavy atom. The largest absolute Gasteiger partial charge is 0.496 e. The standard InChI is InChI=1S/C21H26O4/c1-16(22)25-14-8-4-5-9-17-12-13-21(24-3)19(15-17)18-10-6-7-11-20(18)23-2/h6-7,10-13,15H,4-5,8-9,14H2,1-3H3. The van der Waals surface area contributed by atoms with Crippen molar-refractivity contribution < 1.29 is 19.0 Å². The Hall–Kier alpha value is -2.49. The number of hydrogen-bond donors (Lipinski definition) is 0. The van der Waals surface area contributed by atoms with Gasteiger partial charge in [0.05, 0.1) is 20.8 Å². The summed E-state index contributed by atoms with van der Waals surface area (Å²) in [5.74, 6) is 1.46. The lowest BCUT2D eigenvalue weighted by atomic mass is 9.98. The first-order valence-electron chi connectivity index (χ1n) is 8.59. The quantitative estimate of drug-likeness (QED) is 0.492. The van der Waals surface area contributed by atoms with Crippen LogP contribution in [0, 0.1) is 0 Å². The van der Waals surface area contributed by atoms with E-state index in [1.54, 1.807) is 14.2 Å². The molecular formula is C21H26O4. The zero-order chi connectivity index (χ0) is 18.1. The molecule has 0 unspecified atom stereocenters. The fourth-order valence-electron chi connectivity index (χ4n) is 2.81. The molecule has 0 bridgehead atoms. The Labute approximate surface area is 149 Å². The molecule has 0 spiro atoms. The third kappa shape index (κ3) is 5.52. The van der Waals surface area contributed by atoms with Crippen LogP contribution in [0.25, 0.3) is 11.1 Å². The molecular weight excluding hydrogens is 316 g/mol. The fraction of sp³-hybridized carbons (Fsp3) is 0.381. The van der Waals surface area contributed by atoms with Crippen molar-refractivity contribution in [3.05, 3.63) is 48.0 Å². The third-order valence-corrected chi connectivity index (χ3v) is 4.08. The van der Waals surface area contributed by atoms with Crippen molar-refractivity contribution in [2.75, 3.05) is 20.8 Å². The van der Waals surface area contributed by atoms with Gasteiger partial charge in [0.2, 0.25) is 0 Å². The number of carbonyl (C=O) groups is 1. The van der Waals surface area contributed by atoms with Crippen LogP contribution in [0.15, 0.2) is 42.5 Å². The van der Waals surface area contributed by atoms with Crippen molar-refractivity contribution in [3.63, 3.8) is 0 Å². The number of unbranched alkanes of at least 4 members (excludes halogenated alkanes) is 2. The minimum Gasteiger partial charge on any atom is -0.496 e. The summed E-state index contributed by atoms with van der Waals surface area (Å²) in [6.07, 6.45) is 3.96. The van der Waals surface area contributed by atoms with Crippen molar-refractivity contribution in [3.8, 4) is 22.6 Å². The summed E-state index contributed by atoms with van der Waals surface area (Å²) in [5.41, 5.74) is 3.32. The van der Waals surface area contributed by atoms with Gasteiger partial charge in [-0.05, 0) is 49.4 Å². The molecule has 4 heteroatoms. The van der Waals surface area contributed by atoms with E-state index in [-0.39, 0.29) is 5.97 Å². The van der Waals surface area contributed by atoms with Crippen LogP contribution in [0.3, 0.4) is 0 Å². The van der Waals surface area contributed by atoms with E-state index in [9.17, 15) is 4.79 Å². The van der Waals surface area contributed by atoms with Gasteiger partial charge in [-0.25, -0.2) is 0 Å². The second-order valence-electron chi connectivity index (χ2n) is 5.89. The van der Waals surface area contributed by atoms with Crippen LogP contribution in [0.1, 0.15) is 31.7 Å². The summed E-state index contributed by atoms with van der Waals surface area (Å²) >= 11 is 0. The highest BCUT2D eigenvalue weighted by Gasteiger charge is 2.11. The molecule has 0 heterocycles. The number of esters is 1. The number of para-hydroxylation sites is 1. The first-order valence-corrected chi connectivity index (χ1v) is 8.59. The Kier molecular flexibility index (Phi) is 7.33. The van der Waals surface area contributed by atoms with Crippen molar-refractivity contribution in [2.45, 2.75) is 32.6 Å². The lowest BCUT2D eigenvalue weighted by Crippen LogP contribution is -2.00. The lowest BCUT2D eigenvalue weighted by Gasteiger charge is -2.14. The summed E-state index contributed by atoms with van der Waals surface area (Å²) in [5, 5.41) is 0. The number of methoxy groups -OCH3 is 2. The smallest absolute Gasteiger partial charge is 0.302 e. The van der Waals surface area contributed by atoms with Crippen molar-refractivity contribution in [1.29, 1.82) is 0 Å². The van der Waals surface area contributed by atoms with Crippen LogP contribution < -0.4 is 9.47 Å². The lowest BCUT2D eigenvalue weighted by molar-refractivity contribution is -0.141. The monoisotopic (exact) mass is 342 g/mol. The van der Waals surface area contributed by atoms with Crippen molar-refractivity contribution >= 4 is 5.97 Å². The van der Waals surface area contributed by atoms with Crippen LogP contribution in [-0.4, -0.2) is 26.8 Å². The number of hydrogen-bond acceptors (Lipinski definition) is 4. The molecule has 0 aliphatic heterocycles. The number of benzene rings is 2. The molecule has 0 aliphatic rings. The molecule has 134 valence electrons. The minimum absolute atomic E-state index is 0.211. The van der Waals surface area contributed by atoms with Gasteiger partial charge in [-0.3, -0.25) is 4.79 Å². The Morgan fingerprint density at radius 3 is 2.32 bits per heavy atom. The van der Waals surface area contributed by atoms with E-state index in [0.717, 1.165) is 48.3 Å². The summed E-state index contributed by atoms with van der Waals surface area (Å²) in [6.45, 7) is 1.95. The van der Waals surface area contributed by atoms with E-state index in [1.807, 2.05) is 30.3 Å². The van der Waals surface area contributed by atoms with Gasteiger partial charge in [-0.15, -0.1) is 0 Å². The zero-order valence-electron chi connectivity index (χ0n) is 15.2. The highest BCUT2D eigenvalue weighted by Crippen LogP contribution is 2.37. The predicted octanol–water partition coefficient (Wildman–Crippen LogP) is 4.65.